The average molecular weight is 652 g/mol. The van der Waals surface area contributed by atoms with Crippen LogP contribution in [0.2, 0.25) is 0 Å². The van der Waals surface area contributed by atoms with Gasteiger partial charge in [-0.15, -0.1) is 0 Å². The summed E-state index contributed by atoms with van der Waals surface area (Å²) >= 11 is 0. The van der Waals surface area contributed by atoms with E-state index in [0.29, 0.717) is 12.4 Å². The molecule has 0 aliphatic rings. The third kappa shape index (κ3) is 6.42. The number of nitrogens with two attached hydrogens (primary N) is 3. The van der Waals surface area contributed by atoms with Gasteiger partial charge in [-0.05, 0) is 66.9 Å². The van der Waals surface area contributed by atoms with Gasteiger partial charge in [-0.3, -0.25) is 4.57 Å². The van der Waals surface area contributed by atoms with Gasteiger partial charge in [0.25, 0.3) is 0 Å². The van der Waals surface area contributed by atoms with Crippen LogP contribution in [0.25, 0.3) is 60.8 Å². The fraction of sp³-hybridized carbons (Fsp3) is 0.0667. The number of nitrogens with zero attached hydrogens (tertiary/aromatic N) is 2. The number of para-hydroxylation sites is 3. The molecule has 0 spiro atoms. The van der Waals surface area contributed by atoms with Crippen molar-refractivity contribution in [2.75, 3.05) is 6.54 Å². The molecule has 2 heterocycles. The van der Waals surface area contributed by atoms with E-state index in [4.69, 9.17) is 17.2 Å². The van der Waals surface area contributed by atoms with Crippen LogP contribution in [0.1, 0.15) is 17.5 Å². The van der Waals surface area contributed by atoms with Crippen LogP contribution in [-0.4, -0.2) is 15.7 Å². The highest BCUT2D eigenvalue weighted by atomic mass is 15.1. The Bertz CT molecular complexity index is 2470. The van der Waals surface area contributed by atoms with Crippen molar-refractivity contribution < 1.29 is 0 Å². The van der Waals surface area contributed by atoms with Crippen LogP contribution >= 0.6 is 0 Å². The Kier molecular flexibility index (Phi) is 9.58. The highest BCUT2D eigenvalue weighted by Gasteiger charge is 2.20. The maximum atomic E-state index is 6.74. The lowest BCUT2D eigenvalue weighted by atomic mass is 10.1. The lowest BCUT2D eigenvalue weighted by Crippen LogP contribution is -2.06. The SMILES string of the molecule is N/C(=C\Cc1ccccc1)c1ccccc1.NCC/C=C\C=C(/N)n1c2ccccc2c2ccc3c(c4ccccc4n3-c3ccccc3)c21. The highest BCUT2D eigenvalue weighted by Crippen LogP contribution is 2.41. The molecular weight excluding hydrogens is 611 g/mol. The van der Waals surface area contributed by atoms with Gasteiger partial charge in [0, 0.05) is 32.9 Å². The number of aromatic nitrogens is 2. The molecule has 0 aliphatic heterocycles. The van der Waals surface area contributed by atoms with E-state index in [1.165, 1.54) is 32.6 Å². The van der Waals surface area contributed by atoms with E-state index in [1.54, 1.807) is 0 Å². The first kappa shape index (κ1) is 32.3. The standard InChI is InChI=1S/C30H26N4.C15H15N/c31-20-10-2-5-17-28(32)34-25-15-8-6-13-22(25)23-18-19-27-29(30(23)34)24-14-7-9-16-26(24)33(27)21-11-3-1-4-12-21;16-15(14-9-5-2-6-10-14)12-11-13-7-3-1-4-8-13/h1-9,11-19H,10,20,31-32H2;1-10,12H,11,16H2/b5-2-,28-17+;15-12-. The largest absolute Gasteiger partial charge is 0.398 e. The van der Waals surface area contributed by atoms with E-state index >= 15 is 0 Å². The molecule has 0 aliphatic carbocycles. The molecule has 6 aromatic carbocycles. The highest BCUT2D eigenvalue weighted by molar-refractivity contribution is 6.26. The predicted octanol–water partition coefficient (Wildman–Crippen LogP) is 9.78. The average Bonchev–Trinajstić information content (AvgIpc) is 3.70. The Morgan fingerprint density at radius 3 is 1.92 bits per heavy atom. The number of hydrogen-bond acceptors (Lipinski definition) is 3. The molecule has 0 amide bonds. The molecule has 0 atom stereocenters. The number of fused-ring (bicyclic) bond motifs is 7. The minimum atomic E-state index is 0.624. The fourth-order valence-electron chi connectivity index (χ4n) is 6.66. The molecule has 0 unspecified atom stereocenters. The van der Waals surface area contributed by atoms with E-state index in [9.17, 15) is 0 Å². The molecule has 0 saturated carbocycles. The molecular formula is C45H41N5. The van der Waals surface area contributed by atoms with Crippen LogP contribution < -0.4 is 17.2 Å². The molecule has 246 valence electrons. The van der Waals surface area contributed by atoms with Crippen molar-refractivity contribution in [3.05, 3.63) is 187 Å². The fourth-order valence-corrected chi connectivity index (χ4v) is 6.66. The quantitative estimate of drug-likeness (QED) is 0.143. The van der Waals surface area contributed by atoms with Crippen LogP contribution in [0.4, 0.5) is 0 Å². The van der Waals surface area contributed by atoms with Crippen molar-refractivity contribution in [2.24, 2.45) is 17.2 Å². The van der Waals surface area contributed by atoms with Gasteiger partial charge in [-0.25, -0.2) is 0 Å². The van der Waals surface area contributed by atoms with Crippen molar-refractivity contribution in [3.63, 3.8) is 0 Å². The van der Waals surface area contributed by atoms with Crippen molar-refractivity contribution in [3.8, 4) is 5.69 Å². The third-order valence-corrected chi connectivity index (χ3v) is 8.99. The Hall–Kier alpha value is -6.30. The summed E-state index contributed by atoms with van der Waals surface area (Å²) in [5.41, 5.74) is 27.3. The number of rotatable bonds is 8. The van der Waals surface area contributed by atoms with E-state index in [1.807, 2.05) is 60.7 Å². The number of benzene rings is 6. The van der Waals surface area contributed by atoms with Gasteiger partial charge in [-0.1, -0.05) is 140 Å². The third-order valence-electron chi connectivity index (χ3n) is 8.99. The topological polar surface area (TPSA) is 87.9 Å². The van der Waals surface area contributed by atoms with Crippen LogP contribution in [0.3, 0.4) is 0 Å². The molecule has 8 aromatic rings. The molecule has 0 radical (unpaired) electrons. The van der Waals surface area contributed by atoms with Gasteiger partial charge in [0.05, 0.1) is 22.1 Å². The van der Waals surface area contributed by atoms with E-state index in [2.05, 4.69) is 124 Å². The molecule has 0 fully saturated rings. The molecule has 50 heavy (non-hydrogen) atoms. The van der Waals surface area contributed by atoms with Gasteiger partial charge < -0.3 is 21.8 Å². The van der Waals surface area contributed by atoms with E-state index in [0.717, 1.165) is 46.3 Å². The zero-order valence-electron chi connectivity index (χ0n) is 28.0. The Labute approximate surface area is 292 Å². The molecule has 5 nitrogen and oxygen atoms in total. The summed E-state index contributed by atoms with van der Waals surface area (Å²) in [5, 5.41) is 4.80. The maximum Gasteiger partial charge on any atom is 0.108 e. The van der Waals surface area contributed by atoms with Crippen molar-refractivity contribution in [1.82, 2.24) is 9.13 Å². The van der Waals surface area contributed by atoms with E-state index in [-0.39, 0.29) is 0 Å². The van der Waals surface area contributed by atoms with Crippen LogP contribution in [0.5, 0.6) is 0 Å². The molecule has 2 aromatic heterocycles. The van der Waals surface area contributed by atoms with Crippen LogP contribution in [0.15, 0.2) is 176 Å². The molecule has 8 rings (SSSR count). The first-order chi connectivity index (χ1) is 24.7. The lowest BCUT2D eigenvalue weighted by Gasteiger charge is -2.09. The van der Waals surface area contributed by atoms with Gasteiger partial charge in [0.15, 0.2) is 0 Å². The second-order valence-electron chi connectivity index (χ2n) is 12.2. The van der Waals surface area contributed by atoms with Crippen molar-refractivity contribution >= 4 is 55.1 Å². The van der Waals surface area contributed by atoms with Crippen LogP contribution in [0, 0.1) is 0 Å². The van der Waals surface area contributed by atoms with Crippen molar-refractivity contribution in [2.45, 2.75) is 12.8 Å². The Morgan fingerprint density at radius 1 is 0.580 bits per heavy atom. The summed E-state index contributed by atoms with van der Waals surface area (Å²) in [6, 6.07) is 52.4. The van der Waals surface area contributed by atoms with Gasteiger partial charge in [0.1, 0.15) is 5.82 Å². The zero-order chi connectivity index (χ0) is 34.3. The second kappa shape index (κ2) is 14.9. The van der Waals surface area contributed by atoms with E-state index < -0.39 is 0 Å². The van der Waals surface area contributed by atoms with Gasteiger partial charge >= 0.3 is 0 Å². The first-order valence-corrected chi connectivity index (χ1v) is 17.0. The Balaban J connectivity index is 0.000000206. The number of hydrogen-bond donors (Lipinski definition) is 3. The summed E-state index contributed by atoms with van der Waals surface area (Å²) in [5.74, 6) is 0.684. The summed E-state index contributed by atoms with van der Waals surface area (Å²) in [7, 11) is 0. The van der Waals surface area contributed by atoms with Crippen LogP contribution in [-0.2, 0) is 6.42 Å². The summed E-state index contributed by atoms with van der Waals surface area (Å²) in [6.45, 7) is 0.624. The molecule has 0 saturated heterocycles. The van der Waals surface area contributed by atoms with Gasteiger partial charge in [-0.2, -0.15) is 0 Å². The lowest BCUT2D eigenvalue weighted by molar-refractivity contribution is 1.01. The minimum Gasteiger partial charge on any atom is -0.398 e. The summed E-state index contributed by atoms with van der Waals surface area (Å²) in [6.07, 6.45) is 9.78. The molecule has 5 heteroatoms. The normalized spacial score (nSPS) is 12.3. The summed E-state index contributed by atoms with van der Waals surface area (Å²) < 4.78 is 4.54. The molecule has 0 bridgehead atoms. The molecule has 6 N–H and O–H groups in total. The predicted molar refractivity (Wildman–Crippen MR) is 214 cm³/mol. The number of allylic oxidation sites excluding steroid dienone is 3. The summed E-state index contributed by atoms with van der Waals surface area (Å²) in [4.78, 5) is 0. The Morgan fingerprint density at radius 2 is 1.20 bits per heavy atom. The van der Waals surface area contributed by atoms with Gasteiger partial charge in [0.2, 0.25) is 0 Å². The second-order valence-corrected chi connectivity index (χ2v) is 12.2. The monoisotopic (exact) mass is 651 g/mol. The minimum absolute atomic E-state index is 0.624. The van der Waals surface area contributed by atoms with Crippen molar-refractivity contribution in [1.29, 1.82) is 0 Å². The first-order valence-electron chi connectivity index (χ1n) is 17.0. The maximum absolute atomic E-state index is 6.74. The zero-order valence-corrected chi connectivity index (χ0v) is 28.0. The smallest absolute Gasteiger partial charge is 0.108 e.